The molecule has 8 heteroatoms. The number of aryl methyl sites for hydroxylation is 1. The van der Waals surface area contributed by atoms with E-state index in [2.05, 4.69) is 5.32 Å². The number of hydrogen-bond donors (Lipinski definition) is 1. The SMILES string of the molecule is CCOC(=O)c1c(C)oc(NC(=O)c2ccc(F)cc2)c1C(=O)OCC. The molecule has 0 aliphatic heterocycles. The van der Waals surface area contributed by atoms with Gasteiger partial charge in [-0.05, 0) is 45.0 Å². The summed E-state index contributed by atoms with van der Waals surface area (Å²) in [6, 6.07) is 4.80. The fourth-order valence-electron chi connectivity index (χ4n) is 2.26. The van der Waals surface area contributed by atoms with Crippen molar-refractivity contribution in [2.24, 2.45) is 0 Å². The predicted molar refractivity (Wildman–Crippen MR) is 89.7 cm³/mol. The lowest BCUT2D eigenvalue weighted by molar-refractivity contribution is 0.0480. The highest BCUT2D eigenvalue weighted by atomic mass is 19.1. The van der Waals surface area contributed by atoms with Gasteiger partial charge in [-0.2, -0.15) is 0 Å². The van der Waals surface area contributed by atoms with Gasteiger partial charge in [0.15, 0.2) is 0 Å². The first-order valence-electron chi connectivity index (χ1n) is 7.93. The lowest BCUT2D eigenvalue weighted by Crippen LogP contribution is -2.17. The molecule has 26 heavy (non-hydrogen) atoms. The van der Waals surface area contributed by atoms with Crippen molar-refractivity contribution in [2.75, 3.05) is 18.5 Å². The van der Waals surface area contributed by atoms with Crippen LogP contribution in [0.25, 0.3) is 0 Å². The van der Waals surface area contributed by atoms with Crippen LogP contribution < -0.4 is 5.32 Å². The molecular weight excluding hydrogens is 345 g/mol. The molecule has 7 nitrogen and oxygen atoms in total. The number of carbonyl (C=O) groups excluding carboxylic acids is 3. The first-order chi connectivity index (χ1) is 12.4. The van der Waals surface area contributed by atoms with Gasteiger partial charge in [-0.3, -0.25) is 10.1 Å². The van der Waals surface area contributed by atoms with Crippen molar-refractivity contribution < 1.29 is 32.7 Å². The number of nitrogens with one attached hydrogen (secondary N) is 1. The topological polar surface area (TPSA) is 94.8 Å². The maximum atomic E-state index is 13.0. The second-order valence-corrected chi connectivity index (χ2v) is 5.14. The third kappa shape index (κ3) is 4.08. The highest BCUT2D eigenvalue weighted by molar-refractivity contribution is 6.11. The third-order valence-electron chi connectivity index (χ3n) is 3.38. The number of ether oxygens (including phenoxy) is 2. The minimum absolute atomic E-state index is 0.0661. The Bertz CT molecular complexity index is 825. The Morgan fingerprint density at radius 1 is 1.00 bits per heavy atom. The lowest BCUT2D eigenvalue weighted by Gasteiger charge is -2.07. The van der Waals surface area contributed by atoms with E-state index in [0.29, 0.717) is 0 Å². The molecule has 0 unspecified atom stereocenters. The first-order valence-corrected chi connectivity index (χ1v) is 7.93. The number of furan rings is 1. The standard InChI is InChI=1S/C18H18FNO6/c1-4-24-17(22)13-10(3)26-16(14(13)18(23)25-5-2)20-15(21)11-6-8-12(19)9-7-11/h6-9H,4-5H2,1-3H3,(H,20,21). The Morgan fingerprint density at radius 2 is 1.54 bits per heavy atom. The van der Waals surface area contributed by atoms with Crippen LogP contribution in [0, 0.1) is 12.7 Å². The van der Waals surface area contributed by atoms with E-state index in [4.69, 9.17) is 13.9 Å². The average molecular weight is 363 g/mol. The number of anilines is 1. The molecule has 0 bridgehead atoms. The molecule has 0 atom stereocenters. The van der Waals surface area contributed by atoms with Gasteiger partial charge < -0.3 is 13.9 Å². The molecule has 1 aromatic heterocycles. The quantitative estimate of drug-likeness (QED) is 0.791. The van der Waals surface area contributed by atoms with Crippen LogP contribution in [0.1, 0.15) is 50.7 Å². The van der Waals surface area contributed by atoms with Crippen molar-refractivity contribution in [3.63, 3.8) is 0 Å². The summed E-state index contributed by atoms with van der Waals surface area (Å²) in [5.74, 6) is -2.87. The zero-order chi connectivity index (χ0) is 19.3. The number of amides is 1. The van der Waals surface area contributed by atoms with Gasteiger partial charge in [-0.15, -0.1) is 0 Å². The maximum absolute atomic E-state index is 13.0. The smallest absolute Gasteiger partial charge is 0.344 e. The number of benzene rings is 1. The van der Waals surface area contributed by atoms with Crippen molar-refractivity contribution in [2.45, 2.75) is 20.8 Å². The second kappa shape index (κ2) is 8.28. The number of rotatable bonds is 6. The summed E-state index contributed by atoms with van der Waals surface area (Å²) in [6.07, 6.45) is 0. The fourth-order valence-corrected chi connectivity index (χ4v) is 2.26. The molecule has 0 aliphatic carbocycles. The summed E-state index contributed by atoms with van der Waals surface area (Å²) in [4.78, 5) is 36.7. The molecule has 1 heterocycles. The van der Waals surface area contributed by atoms with Crippen LogP contribution in [-0.4, -0.2) is 31.1 Å². The van der Waals surface area contributed by atoms with Gasteiger partial charge in [0.1, 0.15) is 22.7 Å². The highest BCUT2D eigenvalue weighted by Crippen LogP contribution is 2.29. The van der Waals surface area contributed by atoms with Gasteiger partial charge in [-0.1, -0.05) is 0 Å². The molecule has 0 saturated carbocycles. The summed E-state index contributed by atoms with van der Waals surface area (Å²) in [5.41, 5.74) is -0.189. The number of hydrogen-bond acceptors (Lipinski definition) is 6. The van der Waals surface area contributed by atoms with E-state index in [0.717, 1.165) is 12.1 Å². The molecule has 1 amide bonds. The number of esters is 2. The summed E-state index contributed by atoms with van der Waals surface area (Å²) in [6.45, 7) is 4.85. The minimum atomic E-state index is -0.832. The summed E-state index contributed by atoms with van der Waals surface area (Å²) in [5, 5.41) is 2.41. The normalized spacial score (nSPS) is 10.3. The Balaban J connectivity index is 2.42. The second-order valence-electron chi connectivity index (χ2n) is 5.14. The van der Waals surface area contributed by atoms with Crippen LogP contribution in [0.2, 0.25) is 0 Å². The van der Waals surface area contributed by atoms with Gasteiger partial charge in [0.25, 0.3) is 5.91 Å². The van der Waals surface area contributed by atoms with Crippen LogP contribution in [0.4, 0.5) is 10.3 Å². The van der Waals surface area contributed by atoms with Crippen LogP contribution >= 0.6 is 0 Å². The predicted octanol–water partition coefficient (Wildman–Crippen LogP) is 3.33. The van der Waals surface area contributed by atoms with E-state index in [1.165, 1.54) is 19.1 Å². The molecule has 2 aromatic rings. The van der Waals surface area contributed by atoms with Crippen molar-refractivity contribution in [1.82, 2.24) is 0 Å². The largest absolute Gasteiger partial charge is 0.462 e. The molecule has 0 fully saturated rings. The summed E-state index contributed by atoms with van der Waals surface area (Å²) in [7, 11) is 0. The van der Waals surface area contributed by atoms with Crippen LogP contribution in [0.3, 0.4) is 0 Å². The third-order valence-corrected chi connectivity index (χ3v) is 3.38. The molecule has 0 saturated heterocycles. The van der Waals surface area contributed by atoms with E-state index in [1.54, 1.807) is 13.8 Å². The molecule has 138 valence electrons. The van der Waals surface area contributed by atoms with E-state index >= 15 is 0 Å². The van der Waals surface area contributed by atoms with Crippen molar-refractivity contribution >= 4 is 23.7 Å². The number of carbonyl (C=O) groups is 3. The Hall–Kier alpha value is -3.16. The van der Waals surface area contributed by atoms with Gasteiger partial charge in [0.05, 0.1) is 13.2 Å². The summed E-state index contributed by atoms with van der Waals surface area (Å²) < 4.78 is 28.3. The van der Waals surface area contributed by atoms with E-state index < -0.39 is 23.7 Å². The van der Waals surface area contributed by atoms with E-state index in [9.17, 15) is 18.8 Å². The fraction of sp³-hybridized carbons (Fsp3) is 0.278. The zero-order valence-corrected chi connectivity index (χ0v) is 14.6. The average Bonchev–Trinajstić information content (AvgIpc) is 2.92. The molecule has 1 aromatic carbocycles. The Morgan fingerprint density at radius 3 is 2.08 bits per heavy atom. The highest BCUT2D eigenvalue weighted by Gasteiger charge is 2.31. The molecular formula is C18H18FNO6. The van der Waals surface area contributed by atoms with Crippen molar-refractivity contribution in [3.8, 4) is 0 Å². The molecule has 0 radical (unpaired) electrons. The molecule has 0 spiro atoms. The first kappa shape index (κ1) is 19.2. The van der Waals surface area contributed by atoms with Crippen molar-refractivity contribution in [1.29, 1.82) is 0 Å². The monoisotopic (exact) mass is 363 g/mol. The zero-order valence-electron chi connectivity index (χ0n) is 14.6. The van der Waals surface area contributed by atoms with E-state index in [1.807, 2.05) is 0 Å². The molecule has 1 N–H and O–H groups in total. The van der Waals surface area contributed by atoms with Gasteiger partial charge in [0.2, 0.25) is 5.88 Å². The molecule has 2 rings (SSSR count). The van der Waals surface area contributed by atoms with Gasteiger partial charge >= 0.3 is 11.9 Å². The Labute approximate surface area is 149 Å². The van der Waals surface area contributed by atoms with Crippen LogP contribution in [-0.2, 0) is 9.47 Å². The van der Waals surface area contributed by atoms with Crippen LogP contribution in [0.15, 0.2) is 28.7 Å². The maximum Gasteiger partial charge on any atom is 0.344 e. The van der Waals surface area contributed by atoms with Crippen molar-refractivity contribution in [3.05, 3.63) is 52.5 Å². The minimum Gasteiger partial charge on any atom is -0.462 e. The van der Waals surface area contributed by atoms with Gasteiger partial charge in [-0.25, -0.2) is 14.0 Å². The Kier molecular flexibility index (Phi) is 6.11. The van der Waals surface area contributed by atoms with Gasteiger partial charge in [0, 0.05) is 5.56 Å². The summed E-state index contributed by atoms with van der Waals surface area (Å²) >= 11 is 0. The molecule has 0 aliphatic rings. The van der Waals surface area contributed by atoms with Crippen LogP contribution in [0.5, 0.6) is 0 Å². The van der Waals surface area contributed by atoms with E-state index in [-0.39, 0.29) is 41.5 Å². The number of halogens is 1. The lowest BCUT2D eigenvalue weighted by atomic mass is 10.1.